The van der Waals surface area contributed by atoms with Crippen molar-refractivity contribution in [2.75, 3.05) is 12.9 Å². The Bertz CT molecular complexity index is 1490. The number of phenolic OH excluding ortho intramolecular Hbond substituents is 1. The van der Waals surface area contributed by atoms with Crippen molar-refractivity contribution >= 4 is 69.3 Å². The third kappa shape index (κ3) is 4.71. The molecule has 0 fully saturated rings. The van der Waals surface area contributed by atoms with Crippen molar-refractivity contribution in [2.24, 2.45) is 4.99 Å². The predicted octanol–water partition coefficient (Wildman–Crippen LogP) is 4.48. The fourth-order valence-corrected chi connectivity index (χ4v) is 6.23. The lowest BCUT2D eigenvalue weighted by atomic mass is 9.96. The number of phenols is 1. The molecule has 34 heavy (non-hydrogen) atoms. The van der Waals surface area contributed by atoms with Gasteiger partial charge in [-0.2, -0.15) is 0 Å². The number of fused-ring (bicyclic) bond motifs is 1. The summed E-state index contributed by atoms with van der Waals surface area (Å²) in [6, 6.07) is 10.3. The lowest BCUT2D eigenvalue weighted by molar-refractivity contribution is -0.139. The van der Waals surface area contributed by atoms with Gasteiger partial charge < -0.3 is 9.84 Å². The summed E-state index contributed by atoms with van der Waals surface area (Å²) in [7, 11) is 0. The molecular weight excluding hydrogens is 607 g/mol. The van der Waals surface area contributed by atoms with Crippen LogP contribution in [0.3, 0.4) is 0 Å². The molecule has 6 nitrogen and oxygen atoms in total. The fraction of sp³-hybridized carbons (Fsp3) is 0.208. The Balaban J connectivity index is 1.97. The van der Waals surface area contributed by atoms with E-state index in [1.807, 2.05) is 53.1 Å². The number of hydrogen-bond acceptors (Lipinski definition) is 7. The van der Waals surface area contributed by atoms with Gasteiger partial charge in [-0.05, 0) is 78.6 Å². The Kier molecular flexibility index (Phi) is 7.56. The number of esters is 1. The monoisotopic (exact) mass is 626 g/mol. The maximum absolute atomic E-state index is 13.6. The lowest BCUT2D eigenvalue weighted by Gasteiger charge is -2.24. The molecule has 0 radical (unpaired) electrons. The standard InChI is InChI=1S/C24H20ClIN2O4S2/c1-4-32-23(31)19-12(2)27-24-28(20(19)13-5-7-16(33-3)8-6-13)22(30)18(34-24)10-14-9-15(25)11-17(26)21(14)29/h5-11,20,29H,4H2,1-3H3/b18-10-/t20-/m1/s1. The van der Waals surface area contributed by atoms with Crippen molar-refractivity contribution in [3.8, 4) is 5.75 Å². The summed E-state index contributed by atoms with van der Waals surface area (Å²) in [5.74, 6) is -0.456. The van der Waals surface area contributed by atoms with Crippen molar-refractivity contribution < 1.29 is 14.6 Å². The molecule has 0 unspecified atom stereocenters. The first-order valence-electron chi connectivity index (χ1n) is 10.3. The topological polar surface area (TPSA) is 80.9 Å². The van der Waals surface area contributed by atoms with Gasteiger partial charge in [0.25, 0.3) is 5.56 Å². The number of aromatic nitrogens is 1. The highest BCUT2D eigenvalue weighted by Crippen LogP contribution is 2.32. The molecule has 1 atom stereocenters. The van der Waals surface area contributed by atoms with Gasteiger partial charge in [-0.3, -0.25) is 9.36 Å². The molecule has 1 aliphatic rings. The Labute approximate surface area is 222 Å². The second-order valence-electron chi connectivity index (χ2n) is 7.40. The van der Waals surface area contributed by atoms with E-state index in [0.29, 0.717) is 34.8 Å². The molecule has 1 aromatic heterocycles. The summed E-state index contributed by atoms with van der Waals surface area (Å²) < 4.78 is 7.79. The van der Waals surface area contributed by atoms with Crippen LogP contribution in [0.15, 0.2) is 62.4 Å². The highest BCUT2D eigenvalue weighted by Gasteiger charge is 2.33. The van der Waals surface area contributed by atoms with Crippen LogP contribution in [-0.4, -0.2) is 28.5 Å². The molecule has 0 aliphatic carbocycles. The number of rotatable bonds is 5. The number of hydrogen-bond donors (Lipinski definition) is 1. The van der Waals surface area contributed by atoms with Crippen LogP contribution < -0.4 is 14.9 Å². The number of halogens is 2. The van der Waals surface area contributed by atoms with Crippen molar-refractivity contribution in [3.05, 3.63) is 87.1 Å². The molecule has 2 heterocycles. The fourth-order valence-electron chi connectivity index (χ4n) is 3.73. The summed E-state index contributed by atoms with van der Waals surface area (Å²) in [5, 5.41) is 10.9. The Morgan fingerprint density at radius 1 is 1.35 bits per heavy atom. The summed E-state index contributed by atoms with van der Waals surface area (Å²) in [6.07, 6.45) is 3.59. The first-order valence-corrected chi connectivity index (χ1v) is 13.8. The zero-order chi connectivity index (χ0) is 24.6. The van der Waals surface area contributed by atoms with Crippen LogP contribution in [0.2, 0.25) is 5.02 Å². The minimum Gasteiger partial charge on any atom is -0.506 e. The van der Waals surface area contributed by atoms with E-state index in [0.717, 1.165) is 10.5 Å². The van der Waals surface area contributed by atoms with Gasteiger partial charge in [0.2, 0.25) is 0 Å². The van der Waals surface area contributed by atoms with Crippen LogP contribution in [0.4, 0.5) is 0 Å². The van der Waals surface area contributed by atoms with E-state index >= 15 is 0 Å². The quantitative estimate of drug-likeness (QED) is 0.257. The van der Waals surface area contributed by atoms with E-state index in [9.17, 15) is 14.7 Å². The second-order valence-corrected chi connectivity index (χ2v) is 10.9. The van der Waals surface area contributed by atoms with E-state index in [2.05, 4.69) is 4.99 Å². The molecule has 2 aromatic carbocycles. The average molecular weight is 627 g/mol. The van der Waals surface area contributed by atoms with Gasteiger partial charge in [0, 0.05) is 15.5 Å². The van der Waals surface area contributed by atoms with Gasteiger partial charge in [-0.1, -0.05) is 35.1 Å². The summed E-state index contributed by atoms with van der Waals surface area (Å²) in [5.41, 5.74) is 1.74. The number of carbonyl (C=O) groups excluding carboxylic acids is 1. The van der Waals surface area contributed by atoms with E-state index < -0.39 is 12.0 Å². The van der Waals surface area contributed by atoms with E-state index in [-0.39, 0.29) is 17.9 Å². The van der Waals surface area contributed by atoms with Crippen molar-refractivity contribution in [1.29, 1.82) is 0 Å². The van der Waals surface area contributed by atoms with Crippen LogP contribution in [0.1, 0.15) is 31.0 Å². The normalized spacial score (nSPS) is 15.8. The van der Waals surface area contributed by atoms with Crippen LogP contribution >= 0.6 is 57.3 Å². The molecule has 3 aromatic rings. The SMILES string of the molecule is CCOC(=O)C1=C(C)N=c2s/c(=C\c3cc(Cl)cc(I)c3O)c(=O)n2[C@@H]1c1ccc(SC)cc1. The Hall–Kier alpha value is -2.08. The number of aromatic hydroxyl groups is 1. The molecule has 0 spiro atoms. The molecule has 0 saturated carbocycles. The molecule has 0 bridgehead atoms. The summed E-state index contributed by atoms with van der Waals surface area (Å²) >= 11 is 11.0. The largest absolute Gasteiger partial charge is 0.506 e. The minimum absolute atomic E-state index is 0.0448. The number of allylic oxidation sites excluding steroid dienone is 1. The number of carbonyl (C=O) groups is 1. The first-order chi connectivity index (χ1) is 16.2. The number of nitrogens with zero attached hydrogens (tertiary/aromatic N) is 2. The zero-order valence-electron chi connectivity index (χ0n) is 18.5. The molecule has 176 valence electrons. The van der Waals surface area contributed by atoms with Gasteiger partial charge in [0.15, 0.2) is 4.80 Å². The molecule has 0 amide bonds. The maximum Gasteiger partial charge on any atom is 0.338 e. The molecule has 1 aliphatic heterocycles. The van der Waals surface area contributed by atoms with Crippen molar-refractivity contribution in [1.82, 2.24) is 4.57 Å². The van der Waals surface area contributed by atoms with E-state index in [1.165, 1.54) is 15.9 Å². The number of thioether (sulfide) groups is 1. The van der Waals surface area contributed by atoms with E-state index in [1.54, 1.807) is 43.8 Å². The number of ether oxygens (including phenoxy) is 1. The molecule has 0 saturated heterocycles. The van der Waals surface area contributed by atoms with Gasteiger partial charge in [-0.15, -0.1) is 11.8 Å². The third-order valence-electron chi connectivity index (χ3n) is 5.29. The molecular formula is C24H20ClIN2O4S2. The molecule has 4 rings (SSSR count). The summed E-state index contributed by atoms with van der Waals surface area (Å²) in [6.45, 7) is 3.70. The molecule has 1 N–H and O–H groups in total. The van der Waals surface area contributed by atoms with Gasteiger partial charge >= 0.3 is 5.97 Å². The van der Waals surface area contributed by atoms with Gasteiger partial charge in [0.1, 0.15) is 5.75 Å². The van der Waals surface area contributed by atoms with Crippen molar-refractivity contribution in [3.63, 3.8) is 0 Å². The Morgan fingerprint density at radius 2 is 2.06 bits per heavy atom. The van der Waals surface area contributed by atoms with Gasteiger partial charge in [-0.25, -0.2) is 9.79 Å². The predicted molar refractivity (Wildman–Crippen MR) is 144 cm³/mol. The highest BCUT2D eigenvalue weighted by molar-refractivity contribution is 14.1. The first kappa shape index (κ1) is 25.0. The van der Waals surface area contributed by atoms with Crippen molar-refractivity contribution in [2.45, 2.75) is 24.8 Å². The Morgan fingerprint density at radius 3 is 2.71 bits per heavy atom. The van der Waals surface area contributed by atoms with Crippen LogP contribution in [0, 0.1) is 3.57 Å². The minimum atomic E-state index is -0.679. The summed E-state index contributed by atoms with van der Waals surface area (Å²) in [4.78, 5) is 32.7. The van der Waals surface area contributed by atoms with Crippen LogP contribution in [0.5, 0.6) is 5.75 Å². The number of thiazole rings is 1. The number of benzene rings is 2. The lowest BCUT2D eigenvalue weighted by Crippen LogP contribution is -2.39. The van der Waals surface area contributed by atoms with Crippen LogP contribution in [-0.2, 0) is 9.53 Å². The van der Waals surface area contributed by atoms with Crippen LogP contribution in [0.25, 0.3) is 6.08 Å². The molecule has 10 heteroatoms. The average Bonchev–Trinajstić information content (AvgIpc) is 3.10. The zero-order valence-corrected chi connectivity index (χ0v) is 23.0. The third-order valence-corrected chi connectivity index (χ3v) is 8.06. The van der Waals surface area contributed by atoms with E-state index in [4.69, 9.17) is 16.3 Å². The highest BCUT2D eigenvalue weighted by atomic mass is 127. The maximum atomic E-state index is 13.6. The van der Waals surface area contributed by atoms with Gasteiger partial charge in [0.05, 0.1) is 32.0 Å². The smallest absolute Gasteiger partial charge is 0.338 e. The second kappa shape index (κ2) is 10.3.